The first kappa shape index (κ1) is 14.7. The van der Waals surface area contributed by atoms with Gasteiger partial charge < -0.3 is 9.64 Å². The summed E-state index contributed by atoms with van der Waals surface area (Å²) in [4.78, 5) is 28.7. The lowest BCUT2D eigenvalue weighted by Crippen LogP contribution is -2.42. The van der Waals surface area contributed by atoms with Crippen LogP contribution in [0.15, 0.2) is 29.8 Å². The second-order valence-electron chi connectivity index (χ2n) is 5.10. The molecule has 0 N–H and O–H groups in total. The first-order valence-electron chi connectivity index (χ1n) is 6.94. The average molecular weight is 276 g/mol. The van der Waals surface area contributed by atoms with Gasteiger partial charge in [-0.05, 0) is 18.8 Å². The van der Waals surface area contributed by atoms with Gasteiger partial charge in [-0.25, -0.2) is 4.99 Å². The predicted molar refractivity (Wildman–Crippen MR) is 76.4 cm³/mol. The van der Waals surface area contributed by atoms with Crippen LogP contribution in [0.4, 0.5) is 0 Å². The van der Waals surface area contributed by atoms with Crippen molar-refractivity contribution in [2.45, 2.75) is 12.8 Å². The van der Waals surface area contributed by atoms with Crippen molar-refractivity contribution in [2.75, 3.05) is 26.3 Å². The summed E-state index contributed by atoms with van der Waals surface area (Å²) in [6.07, 6.45) is 8.07. The standard InChI is InChI=1S/C15H20N2O3/c1-2-9-20-11-12-5-7-17(8-6-12)15(19)13-3-4-14(18)16-10-13/h2-4,10,12-13H,1,5-9,11H2. The molecule has 2 amide bonds. The molecule has 2 aliphatic heterocycles. The molecule has 0 aliphatic carbocycles. The number of hydrogen-bond donors (Lipinski definition) is 0. The number of ether oxygens (including phenoxy) is 1. The van der Waals surface area contributed by atoms with E-state index in [9.17, 15) is 9.59 Å². The Balaban J connectivity index is 1.77. The summed E-state index contributed by atoms with van der Waals surface area (Å²) < 4.78 is 5.45. The van der Waals surface area contributed by atoms with Gasteiger partial charge in [-0.2, -0.15) is 0 Å². The number of rotatable bonds is 5. The van der Waals surface area contributed by atoms with Crippen molar-refractivity contribution in [1.29, 1.82) is 0 Å². The highest BCUT2D eigenvalue weighted by Gasteiger charge is 2.27. The molecule has 1 saturated heterocycles. The Morgan fingerprint density at radius 1 is 1.50 bits per heavy atom. The molecule has 2 heterocycles. The lowest BCUT2D eigenvalue weighted by atomic mass is 9.96. The lowest BCUT2D eigenvalue weighted by Gasteiger charge is -2.33. The van der Waals surface area contributed by atoms with Gasteiger partial charge in [0.05, 0.1) is 12.5 Å². The smallest absolute Gasteiger partial charge is 0.269 e. The Kier molecular flexibility index (Phi) is 5.24. The second-order valence-corrected chi connectivity index (χ2v) is 5.10. The molecule has 0 saturated carbocycles. The van der Waals surface area contributed by atoms with Gasteiger partial charge in [-0.15, -0.1) is 6.58 Å². The molecule has 0 bridgehead atoms. The first-order chi connectivity index (χ1) is 9.70. The van der Waals surface area contributed by atoms with Crippen LogP contribution < -0.4 is 0 Å². The van der Waals surface area contributed by atoms with E-state index in [0.29, 0.717) is 12.5 Å². The molecular formula is C15H20N2O3. The van der Waals surface area contributed by atoms with E-state index in [0.717, 1.165) is 32.5 Å². The molecule has 0 radical (unpaired) electrons. The van der Waals surface area contributed by atoms with E-state index in [1.807, 2.05) is 4.90 Å². The van der Waals surface area contributed by atoms with Crippen molar-refractivity contribution in [1.82, 2.24) is 4.90 Å². The number of piperidine rings is 1. The largest absolute Gasteiger partial charge is 0.377 e. The minimum atomic E-state index is -0.388. The van der Waals surface area contributed by atoms with Crippen LogP contribution in [0.5, 0.6) is 0 Å². The Hall–Kier alpha value is -1.75. The first-order valence-corrected chi connectivity index (χ1v) is 6.94. The highest BCUT2D eigenvalue weighted by molar-refractivity contribution is 6.05. The highest BCUT2D eigenvalue weighted by Crippen LogP contribution is 2.19. The van der Waals surface area contributed by atoms with Gasteiger partial charge in [0, 0.05) is 32.0 Å². The number of carbonyl (C=O) groups is 2. The minimum Gasteiger partial charge on any atom is -0.377 e. The summed E-state index contributed by atoms with van der Waals surface area (Å²) in [6, 6.07) is 0. The zero-order chi connectivity index (χ0) is 14.4. The predicted octanol–water partition coefficient (Wildman–Crippen LogP) is 1.21. The van der Waals surface area contributed by atoms with Crippen molar-refractivity contribution in [2.24, 2.45) is 16.8 Å². The lowest BCUT2D eigenvalue weighted by molar-refractivity contribution is -0.133. The summed E-state index contributed by atoms with van der Waals surface area (Å²) in [5.74, 6) is -0.146. The van der Waals surface area contributed by atoms with Crippen LogP contribution in [0.1, 0.15) is 12.8 Å². The van der Waals surface area contributed by atoms with Crippen molar-refractivity contribution in [3.63, 3.8) is 0 Å². The zero-order valence-corrected chi connectivity index (χ0v) is 11.5. The highest BCUT2D eigenvalue weighted by atomic mass is 16.5. The van der Waals surface area contributed by atoms with Crippen LogP contribution in [0.25, 0.3) is 0 Å². The molecular weight excluding hydrogens is 256 g/mol. The summed E-state index contributed by atoms with van der Waals surface area (Å²) >= 11 is 0. The molecule has 5 nitrogen and oxygen atoms in total. The minimum absolute atomic E-state index is 0.0305. The van der Waals surface area contributed by atoms with Crippen LogP contribution in [0, 0.1) is 11.8 Å². The Labute approximate surface area is 119 Å². The van der Waals surface area contributed by atoms with Gasteiger partial charge in [-0.1, -0.05) is 12.2 Å². The number of likely N-dealkylation sites (tertiary alicyclic amines) is 1. The van der Waals surface area contributed by atoms with Gasteiger partial charge in [0.25, 0.3) is 5.91 Å². The zero-order valence-electron chi connectivity index (χ0n) is 11.5. The fourth-order valence-corrected chi connectivity index (χ4v) is 2.43. The number of hydrogen-bond acceptors (Lipinski definition) is 3. The molecule has 108 valence electrons. The SMILES string of the molecule is C=CCOCC1CCN(C(=O)C2C=CC(=O)N=C2)CC1. The van der Waals surface area contributed by atoms with Gasteiger partial charge in [0.1, 0.15) is 0 Å². The monoisotopic (exact) mass is 276 g/mol. The van der Waals surface area contributed by atoms with E-state index in [1.54, 1.807) is 12.2 Å². The van der Waals surface area contributed by atoms with Gasteiger partial charge in [-0.3, -0.25) is 9.59 Å². The maximum atomic E-state index is 12.3. The number of nitrogens with zero attached hydrogens (tertiary/aromatic N) is 2. The Bertz CT molecular complexity index is 418. The third kappa shape index (κ3) is 3.87. The topological polar surface area (TPSA) is 59.0 Å². The molecule has 1 atom stereocenters. The summed E-state index contributed by atoms with van der Waals surface area (Å²) in [5, 5.41) is 0. The molecule has 20 heavy (non-hydrogen) atoms. The number of amides is 2. The van der Waals surface area contributed by atoms with E-state index in [4.69, 9.17) is 4.74 Å². The molecule has 1 fully saturated rings. The van der Waals surface area contributed by atoms with Gasteiger partial charge in [0.15, 0.2) is 0 Å². The van der Waals surface area contributed by atoms with Crippen molar-refractivity contribution < 1.29 is 14.3 Å². The van der Waals surface area contributed by atoms with Crippen LogP contribution in [0.3, 0.4) is 0 Å². The van der Waals surface area contributed by atoms with Crippen molar-refractivity contribution in [3.05, 3.63) is 24.8 Å². The molecule has 0 aromatic heterocycles. The maximum Gasteiger partial charge on any atom is 0.269 e. The van der Waals surface area contributed by atoms with Crippen LogP contribution >= 0.6 is 0 Å². The third-order valence-electron chi connectivity index (χ3n) is 3.61. The molecule has 2 rings (SSSR count). The van der Waals surface area contributed by atoms with Crippen LogP contribution in [0.2, 0.25) is 0 Å². The van der Waals surface area contributed by atoms with Gasteiger partial charge in [0.2, 0.25) is 5.91 Å². The molecule has 0 spiro atoms. The van der Waals surface area contributed by atoms with Gasteiger partial charge >= 0.3 is 0 Å². The van der Waals surface area contributed by atoms with E-state index in [2.05, 4.69) is 11.6 Å². The van der Waals surface area contributed by atoms with E-state index < -0.39 is 0 Å². The average Bonchev–Trinajstić information content (AvgIpc) is 2.48. The molecule has 5 heteroatoms. The molecule has 0 aromatic rings. The Morgan fingerprint density at radius 2 is 2.25 bits per heavy atom. The number of dihydropyridines is 1. The number of aliphatic imine (C=N–C) groups is 1. The van der Waals surface area contributed by atoms with Crippen LogP contribution in [-0.2, 0) is 14.3 Å². The second kappa shape index (κ2) is 7.14. The maximum absolute atomic E-state index is 12.3. The molecule has 0 aromatic carbocycles. The van der Waals surface area contributed by atoms with E-state index >= 15 is 0 Å². The fraction of sp³-hybridized carbons (Fsp3) is 0.533. The Morgan fingerprint density at radius 3 is 2.85 bits per heavy atom. The van der Waals surface area contributed by atoms with Crippen LogP contribution in [-0.4, -0.2) is 49.2 Å². The molecule has 2 aliphatic rings. The fourth-order valence-electron chi connectivity index (χ4n) is 2.43. The number of carbonyl (C=O) groups excluding carboxylic acids is 2. The third-order valence-corrected chi connectivity index (χ3v) is 3.61. The van der Waals surface area contributed by atoms with Crippen molar-refractivity contribution >= 4 is 18.0 Å². The van der Waals surface area contributed by atoms with E-state index in [-0.39, 0.29) is 17.7 Å². The quantitative estimate of drug-likeness (QED) is 0.560. The molecule has 1 unspecified atom stereocenters. The summed E-state index contributed by atoms with van der Waals surface area (Å²) in [5.41, 5.74) is 0. The normalized spacial score (nSPS) is 23.1. The van der Waals surface area contributed by atoms with E-state index in [1.165, 1.54) is 12.3 Å². The van der Waals surface area contributed by atoms with Crippen molar-refractivity contribution in [3.8, 4) is 0 Å². The summed E-state index contributed by atoms with van der Waals surface area (Å²) in [7, 11) is 0. The summed E-state index contributed by atoms with van der Waals surface area (Å²) in [6.45, 7) is 6.41.